The number of hydrogen-bond donors (Lipinski definition) is 1. The maximum atomic E-state index is 11.5. The summed E-state index contributed by atoms with van der Waals surface area (Å²) in [5.41, 5.74) is 0.515. The first-order valence-corrected chi connectivity index (χ1v) is 4.39. The normalized spacial score (nSPS) is 11.0. The second-order valence-electron chi connectivity index (χ2n) is 2.79. The molecule has 0 spiro atoms. The van der Waals surface area contributed by atoms with E-state index in [0.717, 1.165) is 0 Å². The van der Waals surface area contributed by atoms with Crippen molar-refractivity contribution in [3.63, 3.8) is 0 Å². The highest BCUT2D eigenvalue weighted by Gasteiger charge is 2.08. The number of aromatic nitrogens is 2. The first kappa shape index (κ1) is 8.66. The van der Waals surface area contributed by atoms with Crippen LogP contribution in [0.3, 0.4) is 0 Å². The minimum Gasteiger partial charge on any atom is -0.295 e. The summed E-state index contributed by atoms with van der Waals surface area (Å²) in [6.07, 6.45) is 0. The van der Waals surface area contributed by atoms with Crippen molar-refractivity contribution >= 4 is 34.1 Å². The van der Waals surface area contributed by atoms with Gasteiger partial charge in [-0.1, -0.05) is 23.2 Å². The zero-order valence-corrected chi connectivity index (χ0v) is 8.28. The fraction of sp³-hybridized carbons (Fsp3) is 0.125. The van der Waals surface area contributed by atoms with Crippen molar-refractivity contribution in [2.24, 2.45) is 7.05 Å². The molecule has 1 aromatic heterocycles. The van der Waals surface area contributed by atoms with Crippen LogP contribution in [-0.4, -0.2) is 9.78 Å². The Hall–Kier alpha value is -0.930. The Balaban J connectivity index is 3.03. The van der Waals surface area contributed by atoms with E-state index in [1.54, 1.807) is 19.2 Å². The number of aromatic amines is 1. The zero-order valence-electron chi connectivity index (χ0n) is 6.77. The van der Waals surface area contributed by atoms with Gasteiger partial charge in [-0.05, 0) is 12.1 Å². The molecule has 13 heavy (non-hydrogen) atoms. The molecule has 0 saturated carbocycles. The minimum absolute atomic E-state index is 0.142. The SMILES string of the molecule is Cn1[nH]c2cc(Cl)cc(Cl)c2c1=O. The van der Waals surface area contributed by atoms with Crippen molar-refractivity contribution in [3.8, 4) is 0 Å². The molecule has 2 aromatic rings. The highest BCUT2D eigenvalue weighted by atomic mass is 35.5. The molecule has 0 aliphatic rings. The first-order chi connectivity index (χ1) is 6.09. The van der Waals surface area contributed by atoms with Gasteiger partial charge >= 0.3 is 0 Å². The van der Waals surface area contributed by atoms with Gasteiger partial charge in [0.15, 0.2) is 0 Å². The van der Waals surface area contributed by atoms with E-state index in [4.69, 9.17) is 23.2 Å². The largest absolute Gasteiger partial charge is 0.295 e. The molecule has 0 bridgehead atoms. The number of fused-ring (bicyclic) bond motifs is 1. The van der Waals surface area contributed by atoms with Crippen molar-refractivity contribution in [2.45, 2.75) is 0 Å². The Morgan fingerprint density at radius 2 is 2.08 bits per heavy atom. The number of rotatable bonds is 0. The van der Waals surface area contributed by atoms with Crippen LogP contribution < -0.4 is 5.56 Å². The third-order valence-electron chi connectivity index (χ3n) is 1.86. The van der Waals surface area contributed by atoms with Crippen molar-refractivity contribution in [1.29, 1.82) is 0 Å². The number of nitrogens with one attached hydrogen (secondary N) is 1. The Morgan fingerprint density at radius 1 is 1.38 bits per heavy atom. The number of aryl methyl sites for hydroxylation is 1. The number of H-pyrrole nitrogens is 1. The molecule has 0 atom stereocenters. The molecular formula is C8H6Cl2N2O. The maximum Gasteiger partial charge on any atom is 0.275 e. The van der Waals surface area contributed by atoms with E-state index < -0.39 is 0 Å². The second-order valence-corrected chi connectivity index (χ2v) is 3.63. The van der Waals surface area contributed by atoms with E-state index in [9.17, 15) is 4.79 Å². The zero-order chi connectivity index (χ0) is 9.59. The van der Waals surface area contributed by atoms with Gasteiger partial charge in [-0.3, -0.25) is 14.6 Å². The van der Waals surface area contributed by atoms with Crippen molar-refractivity contribution in [1.82, 2.24) is 9.78 Å². The molecule has 1 N–H and O–H groups in total. The Kier molecular flexibility index (Phi) is 1.86. The van der Waals surface area contributed by atoms with Gasteiger partial charge in [0.2, 0.25) is 0 Å². The third kappa shape index (κ3) is 1.24. The van der Waals surface area contributed by atoms with Gasteiger partial charge in [0, 0.05) is 12.1 Å². The van der Waals surface area contributed by atoms with E-state index in [1.165, 1.54) is 4.68 Å². The molecule has 2 rings (SSSR count). The topological polar surface area (TPSA) is 37.8 Å². The van der Waals surface area contributed by atoms with Crippen molar-refractivity contribution in [3.05, 3.63) is 32.5 Å². The Labute approximate surface area is 83.9 Å². The van der Waals surface area contributed by atoms with Crippen molar-refractivity contribution < 1.29 is 0 Å². The average molecular weight is 217 g/mol. The lowest BCUT2D eigenvalue weighted by molar-refractivity contribution is 0.751. The van der Waals surface area contributed by atoms with Crippen LogP contribution in [0.25, 0.3) is 10.9 Å². The summed E-state index contributed by atoms with van der Waals surface area (Å²) in [4.78, 5) is 11.5. The molecule has 1 heterocycles. The highest BCUT2D eigenvalue weighted by Crippen LogP contribution is 2.23. The molecule has 0 saturated heterocycles. The number of benzene rings is 1. The first-order valence-electron chi connectivity index (χ1n) is 3.63. The van der Waals surface area contributed by atoms with E-state index in [1.807, 2.05) is 0 Å². The van der Waals surface area contributed by atoms with E-state index in [2.05, 4.69) is 5.10 Å². The van der Waals surface area contributed by atoms with Crippen LogP contribution in [-0.2, 0) is 7.05 Å². The van der Waals surface area contributed by atoms with Crippen LogP contribution in [0, 0.1) is 0 Å². The summed E-state index contributed by atoms with van der Waals surface area (Å²) in [6, 6.07) is 3.23. The standard InChI is InChI=1S/C8H6Cl2N2O/c1-12-8(13)7-5(10)2-4(9)3-6(7)11-12/h2-3,11H,1H3. The molecule has 0 aliphatic carbocycles. The lowest BCUT2D eigenvalue weighted by Crippen LogP contribution is -2.11. The van der Waals surface area contributed by atoms with Gasteiger partial charge in [-0.25, -0.2) is 0 Å². The maximum absolute atomic E-state index is 11.5. The summed E-state index contributed by atoms with van der Waals surface area (Å²) < 4.78 is 1.37. The van der Waals surface area contributed by atoms with Gasteiger partial charge < -0.3 is 0 Å². The molecular weight excluding hydrogens is 211 g/mol. The molecule has 3 nitrogen and oxygen atoms in total. The van der Waals surface area contributed by atoms with Crippen LogP contribution >= 0.6 is 23.2 Å². The molecule has 0 unspecified atom stereocenters. The Morgan fingerprint density at radius 3 is 2.77 bits per heavy atom. The summed E-state index contributed by atoms with van der Waals surface area (Å²) in [6.45, 7) is 0. The smallest absolute Gasteiger partial charge is 0.275 e. The minimum atomic E-state index is -0.142. The number of hydrogen-bond acceptors (Lipinski definition) is 1. The van der Waals surface area contributed by atoms with Crippen LogP contribution in [0.5, 0.6) is 0 Å². The average Bonchev–Trinajstić information content (AvgIpc) is 2.27. The van der Waals surface area contributed by atoms with Gasteiger partial charge in [0.05, 0.1) is 15.9 Å². The lowest BCUT2D eigenvalue weighted by Gasteiger charge is -1.92. The molecule has 1 aromatic carbocycles. The van der Waals surface area contributed by atoms with Crippen LogP contribution in [0.2, 0.25) is 10.0 Å². The number of halogens is 2. The van der Waals surface area contributed by atoms with Gasteiger partial charge in [-0.2, -0.15) is 0 Å². The second kappa shape index (κ2) is 2.79. The third-order valence-corrected chi connectivity index (χ3v) is 2.38. The molecule has 0 amide bonds. The van der Waals surface area contributed by atoms with Gasteiger partial charge in [-0.15, -0.1) is 0 Å². The van der Waals surface area contributed by atoms with Crippen LogP contribution in [0.15, 0.2) is 16.9 Å². The van der Waals surface area contributed by atoms with Gasteiger partial charge in [0.25, 0.3) is 5.56 Å². The molecule has 5 heteroatoms. The van der Waals surface area contributed by atoms with E-state index >= 15 is 0 Å². The van der Waals surface area contributed by atoms with Crippen LogP contribution in [0.4, 0.5) is 0 Å². The predicted octanol–water partition coefficient (Wildman–Crippen LogP) is 2.17. The monoisotopic (exact) mass is 216 g/mol. The summed E-state index contributed by atoms with van der Waals surface area (Å²) in [5.74, 6) is 0. The summed E-state index contributed by atoms with van der Waals surface area (Å²) >= 11 is 11.6. The highest BCUT2D eigenvalue weighted by molar-refractivity contribution is 6.38. The fourth-order valence-electron chi connectivity index (χ4n) is 1.28. The van der Waals surface area contributed by atoms with E-state index in [0.29, 0.717) is 20.9 Å². The predicted molar refractivity (Wildman–Crippen MR) is 53.6 cm³/mol. The fourth-order valence-corrected chi connectivity index (χ4v) is 1.85. The molecule has 68 valence electrons. The van der Waals surface area contributed by atoms with E-state index in [-0.39, 0.29) is 5.56 Å². The number of nitrogens with zero attached hydrogens (tertiary/aromatic N) is 1. The lowest BCUT2D eigenvalue weighted by atomic mass is 10.2. The molecule has 0 aliphatic heterocycles. The van der Waals surface area contributed by atoms with Crippen molar-refractivity contribution in [2.75, 3.05) is 0 Å². The Bertz CT molecular complexity index is 527. The molecule has 0 radical (unpaired) electrons. The van der Waals surface area contributed by atoms with Gasteiger partial charge in [0.1, 0.15) is 0 Å². The van der Waals surface area contributed by atoms with Crippen LogP contribution in [0.1, 0.15) is 0 Å². The summed E-state index contributed by atoms with van der Waals surface area (Å²) in [5, 5.41) is 4.22. The molecule has 0 fully saturated rings. The quantitative estimate of drug-likeness (QED) is 0.721. The summed E-state index contributed by atoms with van der Waals surface area (Å²) in [7, 11) is 1.63.